The summed E-state index contributed by atoms with van der Waals surface area (Å²) < 4.78 is 9.99. The minimum Gasteiger partial charge on any atom is -0.308 e. The van der Waals surface area contributed by atoms with Crippen molar-refractivity contribution in [1.29, 1.82) is 5.26 Å². The predicted octanol–water partition coefficient (Wildman–Crippen LogP) is 0.623. The zero-order valence-corrected chi connectivity index (χ0v) is 5.35. The number of hydrogen-bond acceptors (Lipinski definition) is 2. The molecule has 0 saturated carbocycles. The smallest absolute Gasteiger partial charge is 0.139 e. The van der Waals surface area contributed by atoms with E-state index in [1.165, 1.54) is 13.3 Å². The average molecular weight is 120 g/mol. The molecule has 42 valence electrons. The van der Waals surface area contributed by atoms with Crippen LogP contribution in [0.3, 0.4) is 0 Å². The summed E-state index contributed by atoms with van der Waals surface area (Å²) in [6.07, 6.45) is 0. The molecular formula is C3H9N2OP. The third-order valence-electron chi connectivity index (χ3n) is 0. The quantitative estimate of drug-likeness (QED) is 0.476. The first-order valence-electron chi connectivity index (χ1n) is 1.59. The number of nitriles is 1. The topological polar surface area (TPSA) is 66.9 Å². The fourth-order valence-corrected chi connectivity index (χ4v) is 0. The SMILES string of the molecule is C#N.CP(C)(N)=O. The van der Waals surface area contributed by atoms with Gasteiger partial charge in [-0.3, -0.25) is 5.50 Å². The van der Waals surface area contributed by atoms with Crippen LogP contribution >= 0.6 is 7.29 Å². The Morgan fingerprint density at radius 2 is 1.57 bits per heavy atom. The van der Waals surface area contributed by atoms with E-state index in [-0.39, 0.29) is 0 Å². The second-order valence-electron chi connectivity index (χ2n) is 1.43. The average Bonchev–Trinajstić information content (AvgIpc) is 1.36. The lowest BCUT2D eigenvalue weighted by Crippen LogP contribution is -1.85. The summed E-state index contributed by atoms with van der Waals surface area (Å²) >= 11 is 0. The minimum atomic E-state index is -2.14. The largest absolute Gasteiger partial charge is 0.308 e. The van der Waals surface area contributed by atoms with Crippen LogP contribution in [0, 0.1) is 11.8 Å². The Bertz CT molecular complexity index is 84.1. The van der Waals surface area contributed by atoms with E-state index in [4.69, 9.17) is 10.8 Å². The van der Waals surface area contributed by atoms with Crippen LogP contribution in [0.25, 0.3) is 0 Å². The van der Waals surface area contributed by atoms with E-state index >= 15 is 0 Å². The Labute approximate surface area is 43.6 Å². The first kappa shape index (κ1) is 9.84. The highest BCUT2D eigenvalue weighted by atomic mass is 31.2. The molecule has 0 aliphatic heterocycles. The van der Waals surface area contributed by atoms with Crippen molar-refractivity contribution in [2.24, 2.45) is 5.50 Å². The summed E-state index contributed by atoms with van der Waals surface area (Å²) in [6.45, 7) is 6.54. The zero-order valence-electron chi connectivity index (χ0n) is 4.46. The normalized spacial score (nSPS) is 8.71. The summed E-state index contributed by atoms with van der Waals surface area (Å²) in [4.78, 5) is 0. The van der Waals surface area contributed by atoms with Gasteiger partial charge < -0.3 is 4.57 Å². The van der Waals surface area contributed by atoms with Gasteiger partial charge in [-0.25, -0.2) is 5.26 Å². The molecule has 0 heterocycles. The van der Waals surface area contributed by atoms with E-state index in [0.717, 1.165) is 0 Å². The summed E-state index contributed by atoms with van der Waals surface area (Å²) in [6, 6.07) is 0. The molecule has 0 saturated heterocycles. The second-order valence-corrected chi connectivity index (χ2v) is 4.30. The van der Waals surface area contributed by atoms with Gasteiger partial charge in [0.15, 0.2) is 0 Å². The molecule has 2 N–H and O–H groups in total. The van der Waals surface area contributed by atoms with Gasteiger partial charge in [-0.05, 0) is 0 Å². The molecule has 3 nitrogen and oxygen atoms in total. The zero-order chi connectivity index (χ0) is 6.50. The van der Waals surface area contributed by atoms with Crippen LogP contribution in [0.1, 0.15) is 0 Å². The highest BCUT2D eigenvalue weighted by Gasteiger charge is 1.89. The molecule has 0 rings (SSSR count). The maximum atomic E-state index is 9.99. The van der Waals surface area contributed by atoms with Crippen LogP contribution in [0.2, 0.25) is 0 Å². The molecule has 0 aliphatic rings. The Morgan fingerprint density at radius 3 is 1.57 bits per heavy atom. The van der Waals surface area contributed by atoms with Crippen LogP contribution in [-0.2, 0) is 4.57 Å². The number of nitrogens with zero attached hydrogens (tertiary/aromatic N) is 1. The molecule has 0 atom stereocenters. The molecule has 4 heteroatoms. The fraction of sp³-hybridized carbons (Fsp3) is 0.667. The lowest BCUT2D eigenvalue weighted by molar-refractivity contribution is 0.583. The predicted molar refractivity (Wildman–Crippen MR) is 30.3 cm³/mol. The standard InChI is InChI=1S/C2H8NOP.CHN/c1-5(2,3)4;1-2/h1-2H3,(H2,3,4);1H. The molecule has 0 spiro atoms. The fourth-order valence-electron chi connectivity index (χ4n) is 0. The molecule has 0 fully saturated rings. The first-order chi connectivity index (χ1) is 3.00. The summed E-state index contributed by atoms with van der Waals surface area (Å²) in [5, 5.41) is 6.50. The highest BCUT2D eigenvalue weighted by molar-refractivity contribution is 7.59. The molecule has 0 bridgehead atoms. The third-order valence-corrected chi connectivity index (χ3v) is 0. The van der Waals surface area contributed by atoms with E-state index in [9.17, 15) is 4.57 Å². The van der Waals surface area contributed by atoms with Crippen LogP contribution in [-0.4, -0.2) is 13.3 Å². The molecule has 0 radical (unpaired) electrons. The maximum Gasteiger partial charge on any atom is 0.139 e. The van der Waals surface area contributed by atoms with Gasteiger partial charge >= 0.3 is 0 Å². The minimum absolute atomic E-state index is 1.52. The van der Waals surface area contributed by atoms with E-state index in [2.05, 4.69) is 6.57 Å². The van der Waals surface area contributed by atoms with Crippen LogP contribution in [0.4, 0.5) is 0 Å². The van der Waals surface area contributed by atoms with E-state index in [1.54, 1.807) is 0 Å². The maximum absolute atomic E-state index is 9.99. The van der Waals surface area contributed by atoms with Crippen molar-refractivity contribution >= 4 is 7.29 Å². The molecule has 0 aromatic heterocycles. The first-order valence-corrected chi connectivity index (χ1v) is 4.26. The number of hydrogen-bond donors (Lipinski definition) is 1. The van der Waals surface area contributed by atoms with E-state index < -0.39 is 7.29 Å². The molecule has 0 unspecified atom stereocenters. The van der Waals surface area contributed by atoms with Crippen molar-refractivity contribution in [2.75, 3.05) is 13.3 Å². The Morgan fingerprint density at radius 1 is 1.57 bits per heavy atom. The van der Waals surface area contributed by atoms with Gasteiger partial charge in [0.05, 0.1) is 0 Å². The van der Waals surface area contributed by atoms with Gasteiger partial charge in [-0.2, -0.15) is 0 Å². The van der Waals surface area contributed by atoms with E-state index in [0.29, 0.717) is 0 Å². The summed E-state index contributed by atoms with van der Waals surface area (Å²) in [7, 11) is -2.14. The molecule has 0 aromatic rings. The summed E-state index contributed by atoms with van der Waals surface area (Å²) in [5.41, 5.74) is 4.91. The third kappa shape index (κ3) is 751. The monoisotopic (exact) mass is 120 g/mol. The molecule has 7 heavy (non-hydrogen) atoms. The number of rotatable bonds is 0. The Hall–Kier alpha value is -0.320. The molecule has 0 amide bonds. The Balaban J connectivity index is 0. The van der Waals surface area contributed by atoms with Crippen molar-refractivity contribution in [1.82, 2.24) is 0 Å². The lowest BCUT2D eigenvalue weighted by atomic mass is 11.9. The summed E-state index contributed by atoms with van der Waals surface area (Å²) in [5.74, 6) is 0. The number of nitrogens with two attached hydrogens (primary N) is 1. The molecular weight excluding hydrogens is 111 g/mol. The van der Waals surface area contributed by atoms with Crippen molar-refractivity contribution in [2.45, 2.75) is 0 Å². The van der Waals surface area contributed by atoms with Gasteiger partial charge in [0.1, 0.15) is 7.29 Å². The van der Waals surface area contributed by atoms with Crippen molar-refractivity contribution in [3.05, 3.63) is 0 Å². The van der Waals surface area contributed by atoms with Crippen molar-refractivity contribution in [3.63, 3.8) is 0 Å². The van der Waals surface area contributed by atoms with E-state index in [1.807, 2.05) is 0 Å². The van der Waals surface area contributed by atoms with Crippen LogP contribution in [0.5, 0.6) is 0 Å². The molecule has 0 aromatic carbocycles. The van der Waals surface area contributed by atoms with Crippen molar-refractivity contribution in [3.8, 4) is 6.57 Å². The highest BCUT2D eigenvalue weighted by Crippen LogP contribution is 2.21. The second kappa shape index (κ2) is 3.86. The lowest BCUT2D eigenvalue weighted by Gasteiger charge is -1.87. The Kier molecular flexibility index (Phi) is 5.42. The van der Waals surface area contributed by atoms with Gasteiger partial charge in [0.25, 0.3) is 0 Å². The van der Waals surface area contributed by atoms with Crippen molar-refractivity contribution < 1.29 is 4.57 Å². The van der Waals surface area contributed by atoms with Gasteiger partial charge in [0.2, 0.25) is 0 Å². The van der Waals surface area contributed by atoms with Crippen LogP contribution in [0.15, 0.2) is 0 Å². The molecule has 0 aliphatic carbocycles. The van der Waals surface area contributed by atoms with Gasteiger partial charge in [-0.1, -0.05) is 0 Å². The van der Waals surface area contributed by atoms with Gasteiger partial charge in [0, 0.05) is 19.9 Å². The van der Waals surface area contributed by atoms with Gasteiger partial charge in [-0.15, -0.1) is 0 Å². The van der Waals surface area contributed by atoms with Crippen LogP contribution < -0.4 is 5.50 Å².